The van der Waals surface area contributed by atoms with Crippen LogP contribution in [-0.2, 0) is 10.0 Å². The number of hydrogen-bond acceptors (Lipinski definition) is 6. The van der Waals surface area contributed by atoms with Gasteiger partial charge in [0.1, 0.15) is 10.6 Å². The van der Waals surface area contributed by atoms with Crippen molar-refractivity contribution in [2.24, 2.45) is 0 Å². The quantitative estimate of drug-likeness (QED) is 0.442. The van der Waals surface area contributed by atoms with E-state index in [1.54, 1.807) is 64.5 Å². The van der Waals surface area contributed by atoms with E-state index in [4.69, 9.17) is 0 Å². The predicted molar refractivity (Wildman–Crippen MR) is 129 cm³/mol. The zero-order valence-corrected chi connectivity index (χ0v) is 19.4. The summed E-state index contributed by atoms with van der Waals surface area (Å²) in [7, 11) is -3.88. The SMILES string of the molecule is O=C(c1ccc(NS(=O)(=O)c2cccc3cccnc23)cc1)N1CCN(C(=O)c2cnc[nH]2)CC1. The number of nitrogens with zero attached hydrogens (tertiary/aromatic N) is 4. The molecule has 3 heterocycles. The standard InChI is InChI=1S/C24H22N6O4S/c31-23(29-11-13-30(14-12-29)24(32)20-15-25-16-27-20)18-6-8-19(9-7-18)28-35(33,34)21-5-1-3-17-4-2-10-26-22(17)21/h1-10,15-16,28H,11-14H2,(H,25,27). The highest BCUT2D eigenvalue weighted by atomic mass is 32.2. The molecule has 0 spiro atoms. The molecule has 35 heavy (non-hydrogen) atoms. The number of amides is 2. The van der Waals surface area contributed by atoms with Crippen molar-refractivity contribution in [2.75, 3.05) is 30.9 Å². The largest absolute Gasteiger partial charge is 0.341 e. The maximum atomic E-state index is 13.0. The number of imidazole rings is 1. The fourth-order valence-corrected chi connectivity index (χ4v) is 5.26. The van der Waals surface area contributed by atoms with Gasteiger partial charge in [-0.05, 0) is 36.4 Å². The highest BCUT2D eigenvalue weighted by Gasteiger charge is 2.26. The van der Waals surface area contributed by atoms with Gasteiger partial charge in [-0.3, -0.25) is 19.3 Å². The molecule has 1 aliphatic rings. The van der Waals surface area contributed by atoms with E-state index in [1.165, 1.54) is 18.6 Å². The van der Waals surface area contributed by atoms with Crippen LogP contribution in [0.2, 0.25) is 0 Å². The average Bonchev–Trinajstić information content (AvgIpc) is 3.43. The number of H-pyrrole nitrogens is 1. The number of hydrogen-bond donors (Lipinski definition) is 2. The zero-order chi connectivity index (χ0) is 24.4. The van der Waals surface area contributed by atoms with Crippen LogP contribution in [0.4, 0.5) is 5.69 Å². The van der Waals surface area contributed by atoms with Crippen molar-refractivity contribution in [3.63, 3.8) is 0 Å². The molecular formula is C24H22N6O4S. The lowest BCUT2D eigenvalue weighted by atomic mass is 10.1. The molecule has 5 rings (SSSR count). The Hall–Kier alpha value is -4.25. The molecule has 0 unspecified atom stereocenters. The molecule has 0 saturated carbocycles. The van der Waals surface area contributed by atoms with E-state index in [1.807, 2.05) is 0 Å². The fourth-order valence-electron chi connectivity index (χ4n) is 4.02. The number of sulfonamides is 1. The molecule has 10 nitrogen and oxygen atoms in total. The molecule has 11 heteroatoms. The smallest absolute Gasteiger partial charge is 0.272 e. The van der Waals surface area contributed by atoms with Crippen LogP contribution in [0.5, 0.6) is 0 Å². The molecule has 1 saturated heterocycles. The van der Waals surface area contributed by atoms with E-state index >= 15 is 0 Å². The Morgan fingerprint density at radius 3 is 2.26 bits per heavy atom. The summed E-state index contributed by atoms with van der Waals surface area (Å²) >= 11 is 0. The first-order valence-electron chi connectivity index (χ1n) is 11.0. The molecule has 0 bridgehead atoms. The van der Waals surface area contributed by atoms with Gasteiger partial charge in [0.05, 0.1) is 18.0 Å². The molecule has 2 aromatic carbocycles. The predicted octanol–water partition coefficient (Wildman–Crippen LogP) is 2.36. The van der Waals surface area contributed by atoms with Crippen LogP contribution in [-0.4, -0.2) is 71.2 Å². The number of aromatic amines is 1. The summed E-state index contributed by atoms with van der Waals surface area (Å²) < 4.78 is 28.5. The van der Waals surface area contributed by atoms with Gasteiger partial charge in [-0.2, -0.15) is 0 Å². The molecule has 2 amide bonds. The zero-order valence-electron chi connectivity index (χ0n) is 18.6. The van der Waals surface area contributed by atoms with Crippen molar-refractivity contribution in [3.8, 4) is 0 Å². The van der Waals surface area contributed by atoms with E-state index in [0.29, 0.717) is 48.6 Å². The van der Waals surface area contributed by atoms with Gasteiger partial charge in [-0.15, -0.1) is 0 Å². The Kier molecular flexibility index (Phi) is 5.91. The Morgan fingerprint density at radius 2 is 1.57 bits per heavy atom. The van der Waals surface area contributed by atoms with E-state index in [9.17, 15) is 18.0 Å². The van der Waals surface area contributed by atoms with Gasteiger partial charge in [0.25, 0.3) is 21.8 Å². The van der Waals surface area contributed by atoms with Gasteiger partial charge < -0.3 is 14.8 Å². The highest BCUT2D eigenvalue weighted by molar-refractivity contribution is 7.93. The molecule has 4 aromatic rings. The molecule has 178 valence electrons. The number of pyridine rings is 1. The summed E-state index contributed by atoms with van der Waals surface area (Å²) in [4.78, 5) is 39.7. The molecule has 0 aliphatic carbocycles. The number of rotatable bonds is 5. The minimum absolute atomic E-state index is 0.0818. The van der Waals surface area contributed by atoms with Crippen LogP contribution in [0.1, 0.15) is 20.8 Å². The number of piperazine rings is 1. The van der Waals surface area contributed by atoms with Crippen LogP contribution in [0.25, 0.3) is 10.9 Å². The van der Waals surface area contributed by atoms with E-state index in [2.05, 4.69) is 19.7 Å². The minimum Gasteiger partial charge on any atom is -0.341 e. The van der Waals surface area contributed by atoms with Crippen molar-refractivity contribution in [1.29, 1.82) is 0 Å². The lowest BCUT2D eigenvalue weighted by molar-refractivity contribution is 0.0532. The van der Waals surface area contributed by atoms with Gasteiger partial charge >= 0.3 is 0 Å². The number of anilines is 1. The van der Waals surface area contributed by atoms with E-state index in [0.717, 1.165) is 5.39 Å². The van der Waals surface area contributed by atoms with Gasteiger partial charge in [-0.1, -0.05) is 18.2 Å². The van der Waals surface area contributed by atoms with Crippen molar-refractivity contribution in [3.05, 3.63) is 84.6 Å². The van der Waals surface area contributed by atoms with Crippen LogP contribution in [0.15, 0.2) is 78.2 Å². The first-order chi connectivity index (χ1) is 16.9. The van der Waals surface area contributed by atoms with E-state index < -0.39 is 10.0 Å². The Labute approximate surface area is 201 Å². The monoisotopic (exact) mass is 490 g/mol. The number of fused-ring (bicyclic) bond motifs is 1. The number of carbonyl (C=O) groups is 2. The number of benzene rings is 2. The second-order valence-corrected chi connectivity index (χ2v) is 9.71. The highest BCUT2D eigenvalue weighted by Crippen LogP contribution is 2.23. The number of nitrogens with one attached hydrogen (secondary N) is 2. The van der Waals surface area contributed by atoms with Crippen LogP contribution in [0.3, 0.4) is 0 Å². The second-order valence-electron chi connectivity index (χ2n) is 8.06. The van der Waals surface area contributed by atoms with E-state index in [-0.39, 0.29) is 16.7 Å². The number of aromatic nitrogens is 3. The van der Waals surface area contributed by atoms with Crippen molar-refractivity contribution < 1.29 is 18.0 Å². The Bertz CT molecular complexity index is 1470. The van der Waals surface area contributed by atoms with Crippen LogP contribution >= 0.6 is 0 Å². The maximum absolute atomic E-state index is 13.0. The van der Waals surface area contributed by atoms with Crippen LogP contribution < -0.4 is 4.72 Å². The number of carbonyl (C=O) groups excluding carboxylic acids is 2. The van der Waals surface area contributed by atoms with Crippen molar-refractivity contribution in [1.82, 2.24) is 24.8 Å². The van der Waals surface area contributed by atoms with Crippen molar-refractivity contribution in [2.45, 2.75) is 4.90 Å². The summed E-state index contributed by atoms with van der Waals surface area (Å²) in [6, 6.07) is 14.8. The van der Waals surface area contributed by atoms with Gasteiger partial charge in [0.15, 0.2) is 0 Å². The second kappa shape index (κ2) is 9.18. The third kappa shape index (κ3) is 4.58. The summed E-state index contributed by atoms with van der Waals surface area (Å²) in [6.45, 7) is 1.64. The van der Waals surface area contributed by atoms with Gasteiger partial charge in [0, 0.05) is 49.0 Å². The summed E-state index contributed by atoms with van der Waals surface area (Å²) in [5, 5.41) is 0.725. The first kappa shape index (κ1) is 22.5. The van der Waals surface area contributed by atoms with Gasteiger partial charge in [0.2, 0.25) is 0 Å². The van der Waals surface area contributed by atoms with Crippen LogP contribution in [0, 0.1) is 0 Å². The maximum Gasteiger partial charge on any atom is 0.272 e. The lowest BCUT2D eigenvalue weighted by Crippen LogP contribution is -2.50. The molecule has 0 radical (unpaired) electrons. The average molecular weight is 491 g/mol. The third-order valence-corrected chi connectivity index (χ3v) is 7.26. The first-order valence-corrected chi connectivity index (χ1v) is 12.4. The molecule has 2 N–H and O–H groups in total. The molecular weight excluding hydrogens is 468 g/mol. The lowest BCUT2D eigenvalue weighted by Gasteiger charge is -2.34. The Morgan fingerprint density at radius 1 is 0.886 bits per heavy atom. The normalized spacial score (nSPS) is 14.2. The molecule has 2 aromatic heterocycles. The fraction of sp³-hybridized carbons (Fsp3) is 0.167. The topological polar surface area (TPSA) is 128 Å². The minimum atomic E-state index is -3.88. The van der Waals surface area contributed by atoms with Crippen molar-refractivity contribution >= 4 is 38.4 Å². The molecule has 1 fully saturated rings. The summed E-state index contributed by atoms with van der Waals surface area (Å²) in [6.07, 6.45) is 4.48. The molecule has 0 atom stereocenters. The molecule has 1 aliphatic heterocycles. The van der Waals surface area contributed by atoms with Gasteiger partial charge in [-0.25, -0.2) is 13.4 Å². The summed E-state index contributed by atoms with van der Waals surface area (Å²) in [5.74, 6) is -0.320. The Balaban J connectivity index is 1.24. The number of para-hydroxylation sites is 1. The third-order valence-electron chi connectivity index (χ3n) is 5.85. The summed E-state index contributed by atoms with van der Waals surface area (Å²) in [5.41, 5.74) is 1.58.